The van der Waals surface area contributed by atoms with E-state index in [9.17, 15) is 14.3 Å². The Morgan fingerprint density at radius 1 is 1.53 bits per heavy atom. The molecule has 1 aliphatic rings. The Morgan fingerprint density at radius 3 is 2.79 bits per heavy atom. The van der Waals surface area contributed by atoms with Crippen LogP contribution in [0.25, 0.3) is 0 Å². The third-order valence-electron chi connectivity index (χ3n) is 4.04. The fraction of sp³-hybridized carbons (Fsp3) is 0.533. The molecule has 2 rings (SSSR count). The average molecular weight is 265 g/mol. The smallest absolute Gasteiger partial charge is 0.321 e. The zero-order valence-corrected chi connectivity index (χ0v) is 11.3. The Kier molecular flexibility index (Phi) is 4.20. The van der Waals surface area contributed by atoms with E-state index in [2.05, 4.69) is 0 Å². The highest BCUT2D eigenvalue weighted by atomic mass is 19.1. The molecule has 3 atom stereocenters. The van der Waals surface area contributed by atoms with Crippen LogP contribution >= 0.6 is 0 Å². The lowest BCUT2D eigenvalue weighted by atomic mass is 9.98. The van der Waals surface area contributed by atoms with Gasteiger partial charge in [-0.15, -0.1) is 0 Å². The van der Waals surface area contributed by atoms with Crippen molar-refractivity contribution < 1.29 is 14.3 Å². The van der Waals surface area contributed by atoms with Gasteiger partial charge in [0.15, 0.2) is 0 Å². The molecule has 0 amide bonds. The summed E-state index contributed by atoms with van der Waals surface area (Å²) in [6, 6.07) is 5.98. The van der Waals surface area contributed by atoms with E-state index >= 15 is 0 Å². The molecule has 0 radical (unpaired) electrons. The monoisotopic (exact) mass is 265 g/mol. The number of nitrogens with zero attached hydrogens (tertiary/aromatic N) is 1. The maximum absolute atomic E-state index is 13.9. The number of hydrogen-bond donors (Lipinski definition) is 1. The molecule has 0 bridgehead atoms. The van der Waals surface area contributed by atoms with Gasteiger partial charge in [-0.1, -0.05) is 32.0 Å². The third-order valence-corrected chi connectivity index (χ3v) is 4.04. The Balaban J connectivity index is 2.32. The molecule has 0 spiro atoms. The number of carboxylic acid groups (broad SMARTS) is 1. The van der Waals surface area contributed by atoms with Crippen molar-refractivity contribution in [2.24, 2.45) is 5.92 Å². The number of benzene rings is 1. The molecule has 0 aromatic heterocycles. The van der Waals surface area contributed by atoms with Crippen molar-refractivity contribution in [3.8, 4) is 0 Å². The zero-order valence-electron chi connectivity index (χ0n) is 11.3. The fourth-order valence-corrected chi connectivity index (χ4v) is 3.09. The first-order chi connectivity index (χ1) is 9.06. The number of carbonyl (C=O) groups is 1. The maximum atomic E-state index is 13.9. The van der Waals surface area contributed by atoms with Crippen molar-refractivity contribution in [1.82, 2.24) is 4.90 Å². The van der Waals surface area contributed by atoms with Gasteiger partial charge in [-0.25, -0.2) is 4.39 Å². The van der Waals surface area contributed by atoms with E-state index in [4.69, 9.17) is 0 Å². The second kappa shape index (κ2) is 5.70. The number of likely N-dealkylation sites (tertiary alicyclic amines) is 1. The summed E-state index contributed by atoms with van der Waals surface area (Å²) in [7, 11) is 0. The molecule has 0 saturated carbocycles. The van der Waals surface area contributed by atoms with Gasteiger partial charge >= 0.3 is 5.97 Å². The summed E-state index contributed by atoms with van der Waals surface area (Å²) in [6.07, 6.45) is 1.55. The topological polar surface area (TPSA) is 40.5 Å². The minimum Gasteiger partial charge on any atom is -0.480 e. The molecule has 19 heavy (non-hydrogen) atoms. The minimum atomic E-state index is -0.806. The molecule has 3 unspecified atom stereocenters. The standard InChI is InChI=1S/C15H20FNO2/c1-3-13(11-6-4-5-7-12(11)16)17-9-8-10(2)14(17)15(18)19/h4-7,10,13-14H,3,8-9H2,1-2H3,(H,18,19). The normalized spacial score (nSPS) is 25.4. The molecular weight excluding hydrogens is 245 g/mol. The van der Waals surface area contributed by atoms with Crippen LogP contribution in [-0.2, 0) is 4.79 Å². The number of carboxylic acids is 1. The van der Waals surface area contributed by atoms with Crippen molar-refractivity contribution in [2.45, 2.75) is 38.8 Å². The van der Waals surface area contributed by atoms with Gasteiger partial charge in [0, 0.05) is 11.6 Å². The molecule has 0 aliphatic carbocycles. The fourth-order valence-electron chi connectivity index (χ4n) is 3.09. The summed E-state index contributed by atoms with van der Waals surface area (Å²) in [5.74, 6) is -0.948. The third kappa shape index (κ3) is 2.63. The number of rotatable bonds is 4. The van der Waals surface area contributed by atoms with Gasteiger partial charge in [-0.2, -0.15) is 0 Å². The zero-order chi connectivity index (χ0) is 14.0. The summed E-state index contributed by atoms with van der Waals surface area (Å²) in [6.45, 7) is 4.64. The van der Waals surface area contributed by atoms with E-state index in [0.717, 1.165) is 6.42 Å². The lowest BCUT2D eigenvalue weighted by Gasteiger charge is -2.32. The van der Waals surface area contributed by atoms with Gasteiger partial charge in [0.2, 0.25) is 0 Å². The van der Waals surface area contributed by atoms with Crippen LogP contribution in [0.1, 0.15) is 38.3 Å². The quantitative estimate of drug-likeness (QED) is 0.909. The predicted octanol–water partition coefficient (Wildman–Crippen LogP) is 3.07. The van der Waals surface area contributed by atoms with Gasteiger partial charge < -0.3 is 5.11 Å². The van der Waals surface area contributed by atoms with E-state index in [-0.39, 0.29) is 17.8 Å². The van der Waals surface area contributed by atoms with E-state index < -0.39 is 12.0 Å². The highest BCUT2D eigenvalue weighted by Gasteiger charge is 2.40. The second-order valence-corrected chi connectivity index (χ2v) is 5.23. The van der Waals surface area contributed by atoms with Crippen LogP contribution in [0, 0.1) is 11.7 Å². The Labute approximate surface area is 113 Å². The summed E-state index contributed by atoms with van der Waals surface area (Å²) in [5.41, 5.74) is 0.602. The Bertz CT molecular complexity index is 463. The number of halogens is 1. The number of aliphatic carboxylic acids is 1. The van der Waals surface area contributed by atoms with Gasteiger partial charge in [0.1, 0.15) is 11.9 Å². The molecule has 1 N–H and O–H groups in total. The highest BCUT2D eigenvalue weighted by molar-refractivity contribution is 5.74. The van der Waals surface area contributed by atoms with Gasteiger partial charge in [0.05, 0.1) is 0 Å². The SMILES string of the molecule is CCC(c1ccccc1F)N1CCC(C)C1C(=O)O. The lowest BCUT2D eigenvalue weighted by Crippen LogP contribution is -2.41. The van der Waals surface area contributed by atoms with Gasteiger partial charge in [0.25, 0.3) is 0 Å². The van der Waals surface area contributed by atoms with Crippen LogP contribution in [-0.4, -0.2) is 28.6 Å². The maximum Gasteiger partial charge on any atom is 0.321 e. The predicted molar refractivity (Wildman–Crippen MR) is 71.3 cm³/mol. The summed E-state index contributed by atoms with van der Waals surface area (Å²) in [5, 5.41) is 9.38. The van der Waals surface area contributed by atoms with E-state index in [1.54, 1.807) is 18.2 Å². The first-order valence-corrected chi connectivity index (χ1v) is 6.79. The molecule has 1 aromatic carbocycles. The van der Waals surface area contributed by atoms with Crippen LogP contribution in [0.2, 0.25) is 0 Å². The van der Waals surface area contributed by atoms with E-state index in [1.165, 1.54) is 6.07 Å². The molecule has 3 nitrogen and oxygen atoms in total. The molecule has 1 fully saturated rings. The van der Waals surface area contributed by atoms with Crippen molar-refractivity contribution in [1.29, 1.82) is 0 Å². The first kappa shape index (κ1) is 14.0. The van der Waals surface area contributed by atoms with Crippen LogP contribution in [0.4, 0.5) is 4.39 Å². The van der Waals surface area contributed by atoms with Crippen molar-refractivity contribution in [3.63, 3.8) is 0 Å². The summed E-state index contributed by atoms with van der Waals surface area (Å²) >= 11 is 0. The van der Waals surface area contributed by atoms with Crippen molar-refractivity contribution in [2.75, 3.05) is 6.54 Å². The molecule has 1 heterocycles. The lowest BCUT2D eigenvalue weighted by molar-refractivity contribution is -0.144. The largest absolute Gasteiger partial charge is 0.480 e. The van der Waals surface area contributed by atoms with E-state index in [1.807, 2.05) is 18.7 Å². The van der Waals surface area contributed by atoms with Gasteiger partial charge in [-0.3, -0.25) is 9.69 Å². The average Bonchev–Trinajstić information content (AvgIpc) is 2.75. The number of hydrogen-bond acceptors (Lipinski definition) is 2. The van der Waals surface area contributed by atoms with Crippen LogP contribution in [0.15, 0.2) is 24.3 Å². The van der Waals surface area contributed by atoms with E-state index in [0.29, 0.717) is 18.5 Å². The first-order valence-electron chi connectivity index (χ1n) is 6.79. The van der Waals surface area contributed by atoms with Crippen LogP contribution in [0.5, 0.6) is 0 Å². The molecule has 1 saturated heterocycles. The Hall–Kier alpha value is -1.42. The molecule has 104 valence electrons. The van der Waals surface area contributed by atoms with Crippen molar-refractivity contribution in [3.05, 3.63) is 35.6 Å². The molecule has 4 heteroatoms. The minimum absolute atomic E-state index is 0.110. The Morgan fingerprint density at radius 2 is 2.21 bits per heavy atom. The summed E-state index contributed by atoms with van der Waals surface area (Å²) in [4.78, 5) is 13.4. The molecule has 1 aliphatic heterocycles. The van der Waals surface area contributed by atoms with Gasteiger partial charge in [-0.05, 0) is 31.4 Å². The molecular formula is C15H20FNO2. The highest BCUT2D eigenvalue weighted by Crippen LogP contribution is 2.35. The van der Waals surface area contributed by atoms with Crippen molar-refractivity contribution >= 4 is 5.97 Å². The van der Waals surface area contributed by atoms with Crippen LogP contribution in [0.3, 0.4) is 0 Å². The van der Waals surface area contributed by atoms with Crippen LogP contribution < -0.4 is 0 Å². The second-order valence-electron chi connectivity index (χ2n) is 5.23. The molecule has 1 aromatic rings. The summed E-state index contributed by atoms with van der Waals surface area (Å²) < 4.78 is 13.9.